The van der Waals surface area contributed by atoms with Crippen molar-refractivity contribution in [1.29, 1.82) is 0 Å². The molecule has 2 aromatic heterocycles. The Labute approximate surface area is 188 Å². The van der Waals surface area contributed by atoms with E-state index in [1.54, 1.807) is 0 Å². The molecule has 0 bridgehead atoms. The molecule has 0 saturated heterocycles. The Balaban J connectivity index is 1.51. The summed E-state index contributed by atoms with van der Waals surface area (Å²) in [5, 5.41) is 14.6. The first kappa shape index (κ1) is 22.2. The fraction of sp³-hybridized carbons (Fsp3) is 0.100. The fourth-order valence-corrected chi connectivity index (χ4v) is 3.32. The van der Waals surface area contributed by atoms with E-state index in [1.165, 1.54) is 18.2 Å². The van der Waals surface area contributed by atoms with Crippen molar-refractivity contribution >= 4 is 40.7 Å². The number of anilines is 4. The van der Waals surface area contributed by atoms with Crippen LogP contribution >= 0.6 is 0 Å². The lowest BCUT2D eigenvalue weighted by atomic mass is 10.1. The van der Waals surface area contributed by atoms with Gasteiger partial charge in [0.1, 0.15) is 28.6 Å². The number of aromatic carboxylic acids is 1. The zero-order valence-corrected chi connectivity index (χ0v) is 17.3. The van der Waals surface area contributed by atoms with Gasteiger partial charge >= 0.3 is 5.97 Å². The van der Waals surface area contributed by atoms with E-state index in [0.717, 1.165) is 10.5 Å². The van der Waals surface area contributed by atoms with Crippen molar-refractivity contribution in [3.63, 3.8) is 0 Å². The van der Waals surface area contributed by atoms with Crippen LogP contribution < -0.4 is 38.7 Å². The van der Waals surface area contributed by atoms with Crippen molar-refractivity contribution in [2.75, 3.05) is 22.5 Å². The zero-order chi connectivity index (χ0) is 24.7. The second kappa shape index (κ2) is 8.16. The molecule has 0 radical (unpaired) electrons. The number of nitrogens with one attached hydrogen (secondary N) is 2. The average molecular weight is 468 g/mol. The van der Waals surface area contributed by atoms with Crippen LogP contribution in [0.3, 0.4) is 0 Å². The van der Waals surface area contributed by atoms with Crippen molar-refractivity contribution in [3.05, 3.63) is 73.0 Å². The molecule has 0 fully saturated rings. The van der Waals surface area contributed by atoms with E-state index in [2.05, 4.69) is 20.6 Å². The van der Waals surface area contributed by atoms with Crippen molar-refractivity contribution in [2.45, 2.75) is 13.1 Å². The number of nitrogens with zero attached hydrogens (tertiary/aromatic N) is 3. The number of hydrogen-bond acceptors (Lipinski definition) is 10. The normalized spacial score (nSPS) is 11.1. The lowest BCUT2D eigenvalue weighted by molar-refractivity contribution is 0.0688. The number of rotatable bonds is 7. The highest BCUT2D eigenvalue weighted by atomic mass is 19.1. The highest BCUT2D eigenvalue weighted by Crippen LogP contribution is 2.19. The summed E-state index contributed by atoms with van der Waals surface area (Å²) >= 11 is 0. The van der Waals surface area contributed by atoms with Gasteiger partial charge in [-0.2, -0.15) is 4.98 Å². The molecule has 0 unspecified atom stereocenters. The number of amides is 1. The summed E-state index contributed by atoms with van der Waals surface area (Å²) in [5.74, 6) is -3.00. The number of carboxylic acids is 1. The molecular formula is C20H17FN8O5. The van der Waals surface area contributed by atoms with Crippen molar-refractivity contribution < 1.29 is 19.1 Å². The van der Waals surface area contributed by atoms with Crippen LogP contribution in [0.4, 0.5) is 27.5 Å². The van der Waals surface area contributed by atoms with Gasteiger partial charge in [0.15, 0.2) is 11.5 Å². The minimum absolute atomic E-state index is 0.0550. The van der Waals surface area contributed by atoms with Crippen LogP contribution in [0.5, 0.6) is 0 Å². The number of nitrogens with two attached hydrogens (primary N) is 3. The molecule has 0 saturated carbocycles. The van der Waals surface area contributed by atoms with Gasteiger partial charge in [-0.15, -0.1) is 0 Å². The number of carbonyl (C=O) groups is 2. The van der Waals surface area contributed by atoms with E-state index in [4.69, 9.17) is 17.2 Å². The molecule has 0 spiro atoms. The number of carboxylic acid groups (broad SMARTS) is 1. The van der Waals surface area contributed by atoms with E-state index in [-0.39, 0.29) is 58.8 Å². The average Bonchev–Trinajstić information content (AvgIpc) is 3.11. The Bertz CT molecular complexity index is 1550. The summed E-state index contributed by atoms with van der Waals surface area (Å²) in [5.41, 5.74) is 14.9. The first-order chi connectivity index (χ1) is 16.1. The monoisotopic (exact) mass is 468 g/mol. The van der Waals surface area contributed by atoms with Gasteiger partial charge in [-0.3, -0.25) is 18.8 Å². The van der Waals surface area contributed by atoms with Crippen LogP contribution in [0.15, 0.2) is 33.9 Å². The number of aromatic nitrogens is 3. The van der Waals surface area contributed by atoms with Crippen LogP contribution in [0.2, 0.25) is 0 Å². The molecule has 0 aliphatic heterocycles. The van der Waals surface area contributed by atoms with Crippen molar-refractivity contribution in [1.82, 2.24) is 19.7 Å². The smallest absolute Gasteiger partial charge is 0.353 e. The maximum absolute atomic E-state index is 14.2. The summed E-state index contributed by atoms with van der Waals surface area (Å²) in [4.78, 5) is 54.7. The van der Waals surface area contributed by atoms with E-state index in [1.807, 2.05) is 0 Å². The molecule has 13 nitrogen and oxygen atoms in total. The molecule has 1 amide bonds. The number of benzene rings is 1. The van der Waals surface area contributed by atoms with Gasteiger partial charge in [0.25, 0.3) is 16.8 Å². The molecule has 14 heteroatoms. The van der Waals surface area contributed by atoms with E-state index >= 15 is 0 Å². The van der Waals surface area contributed by atoms with Gasteiger partial charge in [0, 0.05) is 24.7 Å². The Hall–Kier alpha value is -5.01. The van der Waals surface area contributed by atoms with Crippen LogP contribution in [-0.2, 0) is 13.1 Å². The molecule has 9 N–H and O–H groups in total. The van der Waals surface area contributed by atoms with Gasteiger partial charge in [-0.05, 0) is 17.7 Å². The van der Waals surface area contributed by atoms with Crippen molar-refractivity contribution in [3.8, 4) is 0 Å². The summed E-state index contributed by atoms with van der Waals surface area (Å²) in [6.07, 6.45) is 0. The molecule has 4 rings (SSSR count). The third-order valence-corrected chi connectivity index (χ3v) is 5.06. The molecule has 174 valence electrons. The van der Waals surface area contributed by atoms with Gasteiger partial charge in [0.05, 0.1) is 0 Å². The SMILES string of the molecule is Nc1c(NCc2cc(CNC(=O)c3cc(C(=O)O)n4c(N)nc(N)c4n3)ccc2F)c(=O)c1=O. The van der Waals surface area contributed by atoms with E-state index < -0.39 is 28.6 Å². The highest BCUT2D eigenvalue weighted by Gasteiger charge is 2.21. The Morgan fingerprint density at radius 2 is 1.79 bits per heavy atom. The summed E-state index contributed by atoms with van der Waals surface area (Å²) in [6.45, 7) is -0.175. The minimum Gasteiger partial charge on any atom is -0.477 e. The van der Waals surface area contributed by atoms with Crippen LogP contribution in [-0.4, -0.2) is 31.4 Å². The number of carbonyl (C=O) groups excluding carboxylic acids is 1. The number of nitrogen functional groups attached to an aromatic ring is 3. The Morgan fingerprint density at radius 3 is 2.47 bits per heavy atom. The van der Waals surface area contributed by atoms with Crippen molar-refractivity contribution in [2.24, 2.45) is 0 Å². The number of halogens is 1. The first-order valence-corrected chi connectivity index (χ1v) is 9.64. The summed E-state index contributed by atoms with van der Waals surface area (Å²) in [6, 6.07) is 5.07. The largest absolute Gasteiger partial charge is 0.477 e. The third kappa shape index (κ3) is 3.72. The number of fused-ring (bicyclic) bond motifs is 1. The summed E-state index contributed by atoms with van der Waals surface area (Å²) in [7, 11) is 0. The third-order valence-electron chi connectivity index (χ3n) is 5.06. The molecule has 34 heavy (non-hydrogen) atoms. The van der Waals surface area contributed by atoms with E-state index in [9.17, 15) is 28.7 Å². The predicted molar refractivity (Wildman–Crippen MR) is 119 cm³/mol. The van der Waals surface area contributed by atoms with E-state index in [0.29, 0.717) is 5.56 Å². The Kier molecular flexibility index (Phi) is 5.33. The molecular weight excluding hydrogens is 451 g/mol. The lowest BCUT2D eigenvalue weighted by Crippen LogP contribution is -2.37. The van der Waals surface area contributed by atoms with Gasteiger partial charge in [0.2, 0.25) is 5.95 Å². The molecule has 2 heterocycles. The van der Waals surface area contributed by atoms with Crippen LogP contribution in [0.1, 0.15) is 32.1 Å². The van der Waals surface area contributed by atoms with Gasteiger partial charge in [-0.1, -0.05) is 6.07 Å². The first-order valence-electron chi connectivity index (χ1n) is 9.64. The maximum atomic E-state index is 14.2. The standard InChI is InChI=1S/C20H17FN8O5/c21-9-2-1-7(3-8(9)6-25-13-12(22)14(30)15(13)31)5-26-18(32)10-4-11(19(33)34)29-17(27-10)16(23)28-20(29)24/h1-4,25H,5-6,22-23H2,(H2,24,28)(H,26,32)(H,33,34). The van der Waals surface area contributed by atoms with Crippen LogP contribution in [0.25, 0.3) is 5.65 Å². The molecule has 4 aromatic rings. The number of hydrogen-bond donors (Lipinski definition) is 6. The predicted octanol–water partition coefficient (Wildman–Crippen LogP) is -0.549. The molecule has 2 aromatic carbocycles. The second-order valence-electron chi connectivity index (χ2n) is 7.25. The second-order valence-corrected chi connectivity index (χ2v) is 7.25. The molecule has 0 aliphatic rings. The van der Waals surface area contributed by atoms with Crippen LogP contribution in [0, 0.1) is 5.82 Å². The quantitative estimate of drug-likeness (QED) is 0.189. The number of imidazole rings is 1. The van der Waals surface area contributed by atoms with Gasteiger partial charge in [-0.25, -0.2) is 14.2 Å². The molecule has 0 atom stereocenters. The summed E-state index contributed by atoms with van der Waals surface area (Å²) < 4.78 is 15.2. The Morgan fingerprint density at radius 1 is 1.06 bits per heavy atom. The fourth-order valence-electron chi connectivity index (χ4n) is 3.32. The minimum atomic E-state index is -1.37. The lowest BCUT2D eigenvalue weighted by Gasteiger charge is -2.12. The zero-order valence-electron chi connectivity index (χ0n) is 17.3. The topological polar surface area (TPSA) is 221 Å². The highest BCUT2D eigenvalue weighted by molar-refractivity contribution is 5.97. The maximum Gasteiger partial charge on any atom is 0.353 e. The van der Waals surface area contributed by atoms with Gasteiger partial charge < -0.3 is 32.9 Å². The molecule has 0 aliphatic carbocycles.